The van der Waals surface area contributed by atoms with Crippen molar-refractivity contribution in [1.29, 1.82) is 5.26 Å². The predicted molar refractivity (Wildman–Crippen MR) is 85.0 cm³/mol. The van der Waals surface area contributed by atoms with Crippen LogP contribution in [0.15, 0.2) is 18.2 Å². The summed E-state index contributed by atoms with van der Waals surface area (Å²) in [6.07, 6.45) is 0. The third-order valence-electron chi connectivity index (χ3n) is 3.41. The third-order valence-corrected chi connectivity index (χ3v) is 3.41. The van der Waals surface area contributed by atoms with Crippen LogP contribution in [0, 0.1) is 17.2 Å². The Balaban J connectivity index is 2.86. The minimum absolute atomic E-state index is 0.00382. The lowest BCUT2D eigenvalue weighted by Crippen LogP contribution is -2.34. The van der Waals surface area contributed by atoms with Gasteiger partial charge in [-0.2, -0.15) is 5.26 Å². The van der Waals surface area contributed by atoms with Gasteiger partial charge in [0.2, 0.25) is 5.91 Å². The van der Waals surface area contributed by atoms with Crippen LogP contribution < -0.4 is 15.5 Å². The molecule has 0 saturated heterocycles. The van der Waals surface area contributed by atoms with E-state index in [0.717, 1.165) is 24.3 Å². The summed E-state index contributed by atoms with van der Waals surface area (Å²) in [7, 11) is 3.54. The van der Waals surface area contributed by atoms with E-state index in [0.29, 0.717) is 12.1 Å². The van der Waals surface area contributed by atoms with Crippen molar-refractivity contribution in [3.05, 3.63) is 29.3 Å². The molecule has 0 aromatic heterocycles. The van der Waals surface area contributed by atoms with E-state index in [1.807, 2.05) is 44.0 Å². The molecule has 1 aromatic carbocycles. The summed E-state index contributed by atoms with van der Waals surface area (Å²) in [6, 6.07) is 8.10. The van der Waals surface area contributed by atoms with E-state index in [4.69, 9.17) is 0 Å². The fourth-order valence-electron chi connectivity index (χ4n) is 2.22. The highest BCUT2D eigenvalue weighted by Gasteiger charge is 2.16. The molecule has 1 rings (SSSR count). The van der Waals surface area contributed by atoms with Gasteiger partial charge in [0.25, 0.3) is 0 Å². The molecule has 1 unspecified atom stereocenters. The monoisotopic (exact) mass is 288 g/mol. The second-order valence-corrected chi connectivity index (χ2v) is 5.14. The first kappa shape index (κ1) is 17.0. The van der Waals surface area contributed by atoms with E-state index in [1.54, 1.807) is 7.05 Å². The van der Waals surface area contributed by atoms with Crippen molar-refractivity contribution < 1.29 is 4.79 Å². The molecular weight excluding hydrogens is 264 g/mol. The maximum atomic E-state index is 11.6. The minimum Gasteiger partial charge on any atom is -0.373 e. The zero-order chi connectivity index (χ0) is 15.8. The molecule has 5 nitrogen and oxygen atoms in total. The maximum Gasteiger partial charge on any atom is 0.224 e. The van der Waals surface area contributed by atoms with Gasteiger partial charge in [-0.25, -0.2) is 0 Å². The second kappa shape index (κ2) is 8.28. The highest BCUT2D eigenvalue weighted by Crippen LogP contribution is 2.21. The highest BCUT2D eigenvalue weighted by molar-refractivity contribution is 5.78. The first-order chi connectivity index (χ1) is 10.0. The molecule has 0 aliphatic rings. The van der Waals surface area contributed by atoms with Crippen LogP contribution in [0.25, 0.3) is 0 Å². The van der Waals surface area contributed by atoms with Crippen molar-refractivity contribution in [3.63, 3.8) is 0 Å². The zero-order valence-corrected chi connectivity index (χ0v) is 13.2. The van der Waals surface area contributed by atoms with Crippen LogP contribution in [0.2, 0.25) is 0 Å². The van der Waals surface area contributed by atoms with Crippen molar-refractivity contribution >= 4 is 11.6 Å². The fraction of sp³-hybridized carbons (Fsp3) is 0.500. The Morgan fingerprint density at radius 1 is 1.48 bits per heavy atom. The van der Waals surface area contributed by atoms with Crippen molar-refractivity contribution in [2.24, 2.45) is 5.92 Å². The molecule has 0 fully saturated rings. The fourth-order valence-corrected chi connectivity index (χ4v) is 2.22. The lowest BCUT2D eigenvalue weighted by atomic mass is 10.1. The number of amides is 1. The lowest BCUT2D eigenvalue weighted by molar-refractivity contribution is -0.123. The van der Waals surface area contributed by atoms with Gasteiger partial charge in [-0.1, -0.05) is 19.9 Å². The zero-order valence-electron chi connectivity index (χ0n) is 13.2. The number of nitriles is 1. The maximum absolute atomic E-state index is 11.6. The van der Waals surface area contributed by atoms with Gasteiger partial charge in [0, 0.05) is 27.2 Å². The first-order valence-corrected chi connectivity index (χ1v) is 7.19. The van der Waals surface area contributed by atoms with Crippen LogP contribution >= 0.6 is 0 Å². The molecule has 0 aliphatic carbocycles. The Morgan fingerprint density at radius 2 is 2.19 bits per heavy atom. The molecule has 1 aromatic rings. The number of benzene rings is 1. The first-order valence-electron chi connectivity index (χ1n) is 7.19. The van der Waals surface area contributed by atoms with Crippen LogP contribution in [-0.4, -0.2) is 33.1 Å². The Kier molecular flexibility index (Phi) is 6.70. The average Bonchev–Trinajstić information content (AvgIpc) is 2.51. The van der Waals surface area contributed by atoms with Gasteiger partial charge in [0.15, 0.2) is 0 Å². The minimum atomic E-state index is -0.132. The van der Waals surface area contributed by atoms with E-state index < -0.39 is 0 Å². The van der Waals surface area contributed by atoms with E-state index in [-0.39, 0.29) is 11.8 Å². The second-order valence-electron chi connectivity index (χ2n) is 5.14. The third kappa shape index (κ3) is 4.76. The van der Waals surface area contributed by atoms with Crippen LogP contribution in [0.1, 0.15) is 25.0 Å². The number of rotatable bonds is 7. The highest BCUT2D eigenvalue weighted by atomic mass is 16.1. The quantitative estimate of drug-likeness (QED) is 0.797. The predicted octanol–water partition coefficient (Wildman–Crippen LogP) is 1.49. The van der Waals surface area contributed by atoms with Crippen molar-refractivity contribution in [1.82, 2.24) is 10.6 Å². The molecule has 0 aliphatic heterocycles. The number of carbonyl (C=O) groups excluding carboxylic acids is 1. The molecule has 0 saturated carbocycles. The summed E-state index contributed by atoms with van der Waals surface area (Å²) in [5.74, 6) is -0.128. The molecule has 0 radical (unpaired) electrons. The number of nitrogens with one attached hydrogen (secondary N) is 2. The number of nitrogens with zero attached hydrogens (tertiary/aromatic N) is 2. The van der Waals surface area contributed by atoms with Gasteiger partial charge >= 0.3 is 0 Å². The van der Waals surface area contributed by atoms with Crippen LogP contribution in [0.5, 0.6) is 0 Å². The van der Waals surface area contributed by atoms with Crippen LogP contribution in [0.4, 0.5) is 5.69 Å². The van der Waals surface area contributed by atoms with Gasteiger partial charge in [-0.15, -0.1) is 0 Å². The SMILES string of the molecule is CCNCc1ccc(N(C)CC(C)C(=O)NC)c(C#N)c1. The Labute approximate surface area is 126 Å². The normalized spacial score (nSPS) is 11.6. The standard InChI is InChI=1S/C16H24N4O/c1-5-19-10-13-6-7-15(14(8-13)9-17)20(4)11-12(2)16(21)18-3/h6-8,12,19H,5,10-11H2,1-4H3,(H,18,21). The van der Waals surface area contributed by atoms with E-state index >= 15 is 0 Å². The van der Waals surface area contributed by atoms with E-state index in [2.05, 4.69) is 16.7 Å². The van der Waals surface area contributed by atoms with Crippen molar-refractivity contribution in [3.8, 4) is 6.07 Å². The van der Waals surface area contributed by atoms with E-state index in [9.17, 15) is 10.1 Å². The molecule has 0 heterocycles. The summed E-state index contributed by atoms with van der Waals surface area (Å²) in [4.78, 5) is 13.5. The molecule has 21 heavy (non-hydrogen) atoms. The molecule has 0 bridgehead atoms. The molecule has 5 heteroatoms. The van der Waals surface area contributed by atoms with Gasteiger partial charge < -0.3 is 15.5 Å². The molecule has 1 amide bonds. The summed E-state index contributed by atoms with van der Waals surface area (Å²) in [5.41, 5.74) is 2.58. The van der Waals surface area contributed by atoms with Gasteiger partial charge in [-0.05, 0) is 24.2 Å². The van der Waals surface area contributed by atoms with Crippen molar-refractivity contribution in [2.75, 3.05) is 32.1 Å². The molecular formula is C16H24N4O. The van der Waals surface area contributed by atoms with Crippen LogP contribution in [0.3, 0.4) is 0 Å². The summed E-state index contributed by atoms with van der Waals surface area (Å²) in [5, 5.41) is 15.2. The van der Waals surface area contributed by atoms with Gasteiger partial charge in [0.1, 0.15) is 6.07 Å². The topological polar surface area (TPSA) is 68.2 Å². The average molecular weight is 288 g/mol. The van der Waals surface area contributed by atoms with Crippen LogP contribution in [-0.2, 0) is 11.3 Å². The summed E-state index contributed by atoms with van der Waals surface area (Å²) >= 11 is 0. The smallest absolute Gasteiger partial charge is 0.224 e. The molecule has 2 N–H and O–H groups in total. The number of hydrogen-bond acceptors (Lipinski definition) is 4. The number of anilines is 1. The van der Waals surface area contributed by atoms with Gasteiger partial charge in [-0.3, -0.25) is 4.79 Å². The Morgan fingerprint density at radius 3 is 2.76 bits per heavy atom. The van der Waals surface area contributed by atoms with Crippen molar-refractivity contribution in [2.45, 2.75) is 20.4 Å². The van der Waals surface area contributed by atoms with Gasteiger partial charge in [0.05, 0.1) is 17.2 Å². The number of carbonyl (C=O) groups is 1. The lowest BCUT2D eigenvalue weighted by Gasteiger charge is -2.24. The number of hydrogen-bond donors (Lipinski definition) is 2. The Bertz CT molecular complexity index is 521. The Hall–Kier alpha value is -2.06. The summed E-state index contributed by atoms with van der Waals surface area (Å²) < 4.78 is 0. The molecule has 0 spiro atoms. The molecule has 114 valence electrons. The largest absolute Gasteiger partial charge is 0.373 e. The summed E-state index contributed by atoms with van der Waals surface area (Å²) in [6.45, 7) is 6.15. The molecule has 1 atom stereocenters. The van der Waals surface area contributed by atoms with E-state index in [1.165, 1.54) is 0 Å².